The first-order valence-corrected chi connectivity index (χ1v) is 8.34. The lowest BCUT2D eigenvalue weighted by molar-refractivity contribution is -0.383. The summed E-state index contributed by atoms with van der Waals surface area (Å²) in [5.41, 5.74) is -0.362. The second-order valence-corrected chi connectivity index (χ2v) is 6.03. The smallest absolute Gasteiger partial charge is 0.342 e. The molecule has 1 atom stereocenters. The number of phenolic OH excluding ortho intramolecular Hbond substituents is 1. The van der Waals surface area contributed by atoms with Crippen molar-refractivity contribution >= 4 is 34.0 Å². The summed E-state index contributed by atoms with van der Waals surface area (Å²) in [5, 5.41) is 25.0. The first-order chi connectivity index (χ1) is 13.4. The Bertz CT molecular complexity index is 1080. The molecule has 28 heavy (non-hydrogen) atoms. The quantitative estimate of drug-likeness (QED) is 0.396. The van der Waals surface area contributed by atoms with Crippen LogP contribution >= 0.6 is 0 Å². The molecule has 2 N–H and O–H groups in total. The van der Waals surface area contributed by atoms with Crippen molar-refractivity contribution in [3.8, 4) is 5.75 Å². The molecule has 0 aliphatic rings. The zero-order chi connectivity index (χ0) is 20.3. The third-order valence-electron chi connectivity index (χ3n) is 4.10. The monoisotopic (exact) mass is 380 g/mol. The van der Waals surface area contributed by atoms with Gasteiger partial charge in [-0.2, -0.15) is 0 Å². The van der Waals surface area contributed by atoms with Crippen LogP contribution in [0.25, 0.3) is 10.8 Å². The van der Waals surface area contributed by atoms with Crippen LogP contribution in [0.1, 0.15) is 17.3 Å². The van der Waals surface area contributed by atoms with Crippen molar-refractivity contribution in [2.24, 2.45) is 0 Å². The third kappa shape index (κ3) is 3.90. The summed E-state index contributed by atoms with van der Waals surface area (Å²) in [6.07, 6.45) is -1.24. The van der Waals surface area contributed by atoms with Crippen LogP contribution in [0, 0.1) is 10.1 Å². The van der Waals surface area contributed by atoms with E-state index in [0.717, 1.165) is 10.8 Å². The zero-order valence-electron chi connectivity index (χ0n) is 14.8. The molecule has 0 radical (unpaired) electrons. The molecular weight excluding hydrogens is 364 g/mol. The average molecular weight is 380 g/mol. The summed E-state index contributed by atoms with van der Waals surface area (Å²) in [6.45, 7) is 1.33. The molecule has 1 amide bonds. The fourth-order valence-corrected chi connectivity index (χ4v) is 2.64. The van der Waals surface area contributed by atoms with Crippen LogP contribution in [-0.4, -0.2) is 28.0 Å². The van der Waals surface area contributed by atoms with Gasteiger partial charge >= 0.3 is 5.97 Å². The van der Waals surface area contributed by atoms with Gasteiger partial charge in [-0.25, -0.2) is 4.79 Å². The minimum Gasteiger partial charge on any atom is -0.507 e. The number of carbonyl (C=O) groups excluding carboxylic acids is 2. The first-order valence-electron chi connectivity index (χ1n) is 8.34. The van der Waals surface area contributed by atoms with E-state index < -0.39 is 22.9 Å². The molecule has 0 bridgehead atoms. The maximum Gasteiger partial charge on any atom is 0.342 e. The Balaban J connectivity index is 1.75. The van der Waals surface area contributed by atoms with Crippen LogP contribution < -0.4 is 5.32 Å². The van der Waals surface area contributed by atoms with Crippen LogP contribution in [0.15, 0.2) is 60.7 Å². The largest absolute Gasteiger partial charge is 0.507 e. The lowest BCUT2D eigenvalue weighted by atomic mass is 10.1. The number of rotatable bonds is 5. The van der Waals surface area contributed by atoms with Crippen LogP contribution in [0.4, 0.5) is 11.4 Å². The van der Waals surface area contributed by atoms with Crippen LogP contribution in [0.2, 0.25) is 0 Å². The molecule has 3 aromatic rings. The number of nitrogens with one attached hydrogen (secondary N) is 1. The molecule has 0 spiro atoms. The van der Waals surface area contributed by atoms with E-state index in [2.05, 4.69) is 5.32 Å². The van der Waals surface area contributed by atoms with Gasteiger partial charge in [-0.05, 0) is 35.9 Å². The fourth-order valence-electron chi connectivity index (χ4n) is 2.64. The third-order valence-corrected chi connectivity index (χ3v) is 4.10. The average Bonchev–Trinajstić information content (AvgIpc) is 2.67. The second-order valence-electron chi connectivity index (χ2n) is 6.03. The van der Waals surface area contributed by atoms with Crippen molar-refractivity contribution in [1.82, 2.24) is 0 Å². The van der Waals surface area contributed by atoms with Gasteiger partial charge in [-0.3, -0.25) is 14.9 Å². The molecule has 0 unspecified atom stereocenters. The highest BCUT2D eigenvalue weighted by atomic mass is 16.6. The van der Waals surface area contributed by atoms with Crippen LogP contribution in [-0.2, 0) is 9.53 Å². The molecule has 8 heteroatoms. The van der Waals surface area contributed by atoms with Gasteiger partial charge < -0.3 is 15.2 Å². The predicted octanol–water partition coefficient (Wildman–Crippen LogP) is 3.64. The van der Waals surface area contributed by atoms with Gasteiger partial charge in [0.15, 0.2) is 6.10 Å². The number of nitro groups is 1. The molecular formula is C20H16N2O6. The topological polar surface area (TPSA) is 119 Å². The number of ether oxygens (including phenoxy) is 1. The predicted molar refractivity (Wildman–Crippen MR) is 102 cm³/mol. The number of amides is 1. The van der Waals surface area contributed by atoms with Gasteiger partial charge in [-0.15, -0.1) is 0 Å². The molecule has 3 rings (SSSR count). The number of para-hydroxylation sites is 2. The standard InChI is InChI=1S/C20H16N2O6/c1-12(19(24)21-16-8-4-5-9-17(16)22(26)27)28-20(25)15-10-13-6-2-3-7-14(13)11-18(15)23/h2-12,23H,1H3,(H,21,24)/t12-/m0/s1. The molecule has 0 fully saturated rings. The number of fused-ring (bicyclic) bond motifs is 1. The summed E-state index contributed by atoms with van der Waals surface area (Å²) in [7, 11) is 0. The number of hydrogen-bond donors (Lipinski definition) is 2. The minimum absolute atomic E-state index is 0.00560. The van der Waals surface area contributed by atoms with Crippen molar-refractivity contribution in [2.45, 2.75) is 13.0 Å². The second kappa shape index (κ2) is 7.75. The molecule has 8 nitrogen and oxygen atoms in total. The zero-order valence-corrected chi connectivity index (χ0v) is 14.8. The summed E-state index contributed by atoms with van der Waals surface area (Å²) in [6, 6.07) is 15.7. The number of carbonyl (C=O) groups is 2. The Morgan fingerprint density at radius 2 is 1.68 bits per heavy atom. The molecule has 3 aromatic carbocycles. The van der Waals surface area contributed by atoms with Gasteiger partial charge in [0.1, 0.15) is 17.0 Å². The van der Waals surface area contributed by atoms with Crippen molar-refractivity contribution in [3.63, 3.8) is 0 Å². The number of phenols is 1. The number of nitro benzene ring substituents is 1. The van der Waals surface area contributed by atoms with Gasteiger partial charge in [0, 0.05) is 6.07 Å². The molecule has 0 heterocycles. The lowest BCUT2D eigenvalue weighted by Crippen LogP contribution is -2.30. The van der Waals surface area contributed by atoms with Gasteiger partial charge in [0.2, 0.25) is 0 Å². The molecule has 0 aliphatic heterocycles. The van der Waals surface area contributed by atoms with E-state index in [4.69, 9.17) is 4.74 Å². The van der Waals surface area contributed by atoms with E-state index in [1.807, 2.05) is 0 Å². The van der Waals surface area contributed by atoms with Gasteiger partial charge in [0.25, 0.3) is 11.6 Å². The highest BCUT2D eigenvalue weighted by molar-refractivity contribution is 6.01. The SMILES string of the molecule is C[C@H](OC(=O)c1cc2ccccc2cc1O)C(=O)Nc1ccccc1[N+](=O)[O-]. The highest BCUT2D eigenvalue weighted by Crippen LogP contribution is 2.26. The van der Waals surface area contributed by atoms with Gasteiger partial charge in [-0.1, -0.05) is 36.4 Å². The van der Waals surface area contributed by atoms with E-state index in [1.54, 1.807) is 24.3 Å². The Kier molecular flexibility index (Phi) is 5.21. The summed E-state index contributed by atoms with van der Waals surface area (Å²) in [4.78, 5) is 35.1. The molecule has 0 saturated heterocycles. The Hall–Kier alpha value is -3.94. The van der Waals surface area contributed by atoms with Crippen molar-refractivity contribution < 1.29 is 24.4 Å². The van der Waals surface area contributed by atoms with Crippen LogP contribution in [0.3, 0.4) is 0 Å². The van der Waals surface area contributed by atoms with Crippen molar-refractivity contribution in [1.29, 1.82) is 0 Å². The number of esters is 1. The lowest BCUT2D eigenvalue weighted by Gasteiger charge is -2.14. The first kappa shape index (κ1) is 18.8. The molecule has 0 aromatic heterocycles. The summed E-state index contributed by atoms with van der Waals surface area (Å²) in [5.74, 6) is -1.88. The maximum atomic E-state index is 12.4. The maximum absolute atomic E-state index is 12.4. The van der Waals surface area contributed by atoms with E-state index in [1.165, 1.54) is 43.3 Å². The normalized spacial score (nSPS) is 11.6. The van der Waals surface area contributed by atoms with E-state index in [9.17, 15) is 24.8 Å². The Morgan fingerprint density at radius 1 is 1.07 bits per heavy atom. The number of anilines is 1. The summed E-state index contributed by atoms with van der Waals surface area (Å²) < 4.78 is 5.12. The van der Waals surface area contributed by atoms with E-state index >= 15 is 0 Å². The molecule has 0 saturated carbocycles. The summed E-state index contributed by atoms with van der Waals surface area (Å²) >= 11 is 0. The Labute approximate surface area is 159 Å². The molecule has 142 valence electrons. The van der Waals surface area contributed by atoms with E-state index in [0.29, 0.717) is 0 Å². The van der Waals surface area contributed by atoms with Crippen LogP contribution in [0.5, 0.6) is 5.75 Å². The van der Waals surface area contributed by atoms with Crippen molar-refractivity contribution in [2.75, 3.05) is 5.32 Å². The number of nitrogens with zero attached hydrogens (tertiary/aromatic N) is 1. The van der Waals surface area contributed by atoms with E-state index in [-0.39, 0.29) is 22.7 Å². The Morgan fingerprint density at radius 3 is 2.36 bits per heavy atom. The fraction of sp³-hybridized carbons (Fsp3) is 0.100. The highest BCUT2D eigenvalue weighted by Gasteiger charge is 2.23. The minimum atomic E-state index is -1.24. The number of benzene rings is 3. The number of aromatic hydroxyl groups is 1. The molecule has 0 aliphatic carbocycles. The number of hydrogen-bond acceptors (Lipinski definition) is 6. The van der Waals surface area contributed by atoms with Gasteiger partial charge in [0.05, 0.1) is 4.92 Å². The van der Waals surface area contributed by atoms with Crippen molar-refractivity contribution in [3.05, 3.63) is 76.3 Å².